The molecule has 0 aliphatic carbocycles. The smallest absolute Gasteiger partial charge is 0.258 e. The molecule has 0 fully saturated rings. The van der Waals surface area contributed by atoms with E-state index < -0.39 is 5.54 Å². The molecule has 2 aliphatic rings. The van der Waals surface area contributed by atoms with Crippen molar-refractivity contribution < 1.29 is 9.53 Å². The quantitative estimate of drug-likeness (QED) is 0.321. The summed E-state index contributed by atoms with van der Waals surface area (Å²) in [7, 11) is 1.71. The highest BCUT2D eigenvalue weighted by atomic mass is 16.5. The molecule has 0 bridgehead atoms. The molecule has 188 valence electrons. The Labute approximate surface area is 222 Å². The lowest BCUT2D eigenvalue weighted by Gasteiger charge is -2.44. The van der Waals surface area contributed by atoms with Crippen molar-refractivity contribution in [1.29, 1.82) is 0 Å². The van der Waals surface area contributed by atoms with Gasteiger partial charge in [-0.2, -0.15) is 0 Å². The van der Waals surface area contributed by atoms with E-state index in [0.717, 1.165) is 52.3 Å². The summed E-state index contributed by atoms with van der Waals surface area (Å²) < 4.78 is 5.72. The minimum absolute atomic E-state index is 0.0879. The number of methoxy groups -OCH3 is 1. The molecule has 1 N–H and O–H groups in total. The standard InChI is InChI=1S/C33H29N3O2/c1-38-30-18-10-5-13-24(30)22-35-20-19-26-25-14-6-8-16-28(25)34-31(26)33(35)27-15-7-9-17-29(27)36(32(33)37)21-23-11-3-2-4-12-23/h2-18,34H,19-22H2,1H3/t33-/m0/s1. The van der Waals surface area contributed by atoms with Gasteiger partial charge in [0.1, 0.15) is 5.75 Å². The molecule has 5 aromatic rings. The Hall–Kier alpha value is -4.35. The maximum atomic E-state index is 15.0. The predicted octanol–water partition coefficient (Wildman–Crippen LogP) is 6.03. The van der Waals surface area contributed by atoms with Crippen LogP contribution in [0.5, 0.6) is 5.75 Å². The zero-order valence-corrected chi connectivity index (χ0v) is 21.4. The maximum absolute atomic E-state index is 15.0. The Morgan fingerprint density at radius 3 is 2.45 bits per heavy atom. The van der Waals surface area contributed by atoms with Crippen LogP contribution in [0.15, 0.2) is 103 Å². The van der Waals surface area contributed by atoms with Crippen molar-refractivity contribution in [2.45, 2.75) is 25.0 Å². The number of fused-ring (bicyclic) bond motifs is 6. The number of nitrogens with one attached hydrogen (secondary N) is 1. The number of ether oxygens (including phenoxy) is 1. The number of aromatic amines is 1. The van der Waals surface area contributed by atoms with Gasteiger partial charge < -0.3 is 14.6 Å². The van der Waals surface area contributed by atoms with Crippen LogP contribution in [0.3, 0.4) is 0 Å². The summed E-state index contributed by atoms with van der Waals surface area (Å²) in [6.07, 6.45) is 0.865. The summed E-state index contributed by atoms with van der Waals surface area (Å²) in [6.45, 7) is 1.88. The first-order valence-corrected chi connectivity index (χ1v) is 13.1. The van der Waals surface area contributed by atoms with Crippen LogP contribution in [0.1, 0.15) is 27.9 Å². The Morgan fingerprint density at radius 1 is 0.842 bits per heavy atom. The van der Waals surface area contributed by atoms with Crippen molar-refractivity contribution in [3.8, 4) is 5.75 Å². The lowest BCUT2D eigenvalue weighted by atomic mass is 9.79. The molecule has 5 heteroatoms. The number of rotatable bonds is 5. The van der Waals surface area contributed by atoms with Crippen LogP contribution in [-0.2, 0) is 29.8 Å². The summed E-state index contributed by atoms with van der Waals surface area (Å²) in [4.78, 5) is 23.0. The van der Waals surface area contributed by atoms with Crippen LogP contribution in [0.25, 0.3) is 10.9 Å². The third-order valence-electron chi connectivity index (χ3n) is 8.16. The minimum Gasteiger partial charge on any atom is -0.496 e. The van der Waals surface area contributed by atoms with E-state index in [-0.39, 0.29) is 5.91 Å². The molecule has 5 nitrogen and oxygen atoms in total. The van der Waals surface area contributed by atoms with E-state index in [1.807, 2.05) is 47.4 Å². The zero-order chi connectivity index (χ0) is 25.7. The van der Waals surface area contributed by atoms with Gasteiger partial charge in [0.15, 0.2) is 5.54 Å². The highest BCUT2D eigenvalue weighted by molar-refractivity contribution is 6.11. The van der Waals surface area contributed by atoms with Gasteiger partial charge in [0.25, 0.3) is 5.91 Å². The molecule has 1 amide bonds. The maximum Gasteiger partial charge on any atom is 0.258 e. The van der Waals surface area contributed by atoms with Crippen molar-refractivity contribution in [3.63, 3.8) is 0 Å². The number of carbonyl (C=O) groups is 1. The molecule has 3 heterocycles. The molecule has 7 rings (SSSR count). The van der Waals surface area contributed by atoms with Crippen LogP contribution in [0.2, 0.25) is 0 Å². The molecule has 1 atom stereocenters. The average Bonchev–Trinajstić information content (AvgIpc) is 3.46. The number of H-pyrrole nitrogens is 1. The second kappa shape index (κ2) is 8.89. The second-order valence-electron chi connectivity index (χ2n) is 10.1. The van der Waals surface area contributed by atoms with E-state index in [4.69, 9.17) is 4.74 Å². The molecule has 1 spiro atoms. The SMILES string of the molecule is COc1ccccc1CN1CCc2c([nH]c3ccccc23)[C@@]12C(=O)N(Cc1ccccc1)c1ccccc12. The van der Waals surface area contributed by atoms with E-state index in [9.17, 15) is 4.79 Å². The summed E-state index contributed by atoms with van der Waals surface area (Å²) >= 11 is 0. The predicted molar refractivity (Wildman–Crippen MR) is 150 cm³/mol. The number of hydrogen-bond donors (Lipinski definition) is 1. The number of anilines is 1. The van der Waals surface area contributed by atoms with Gasteiger partial charge in [-0.3, -0.25) is 9.69 Å². The molecule has 0 saturated carbocycles. The van der Waals surface area contributed by atoms with Crippen LogP contribution in [0.4, 0.5) is 5.69 Å². The van der Waals surface area contributed by atoms with Gasteiger partial charge in [0.2, 0.25) is 0 Å². The summed E-state index contributed by atoms with van der Waals surface area (Å²) in [5.74, 6) is 0.926. The number of hydrogen-bond acceptors (Lipinski definition) is 3. The van der Waals surface area contributed by atoms with Gasteiger partial charge in [-0.05, 0) is 35.7 Å². The Bertz CT molecular complexity index is 1660. The number of nitrogens with zero attached hydrogens (tertiary/aromatic N) is 2. The van der Waals surface area contributed by atoms with Gasteiger partial charge in [-0.1, -0.05) is 84.9 Å². The number of aromatic nitrogens is 1. The van der Waals surface area contributed by atoms with Gasteiger partial charge in [0.05, 0.1) is 25.0 Å². The van der Waals surface area contributed by atoms with Gasteiger partial charge in [-0.25, -0.2) is 0 Å². The first-order chi connectivity index (χ1) is 18.7. The average molecular weight is 500 g/mol. The van der Waals surface area contributed by atoms with E-state index in [0.29, 0.717) is 13.1 Å². The minimum atomic E-state index is -0.959. The van der Waals surface area contributed by atoms with E-state index in [1.54, 1.807) is 7.11 Å². The topological polar surface area (TPSA) is 48.6 Å². The van der Waals surface area contributed by atoms with E-state index in [1.165, 1.54) is 10.9 Å². The summed E-state index contributed by atoms with van der Waals surface area (Å²) in [6, 6.07) is 35.1. The number of para-hydroxylation sites is 3. The lowest BCUT2D eigenvalue weighted by Crippen LogP contribution is -2.56. The van der Waals surface area contributed by atoms with Crippen molar-refractivity contribution >= 4 is 22.5 Å². The van der Waals surface area contributed by atoms with Gasteiger partial charge in [0, 0.05) is 35.1 Å². The molecule has 1 aromatic heterocycles. The highest BCUT2D eigenvalue weighted by Gasteiger charge is 2.59. The first-order valence-electron chi connectivity index (χ1n) is 13.1. The van der Waals surface area contributed by atoms with Crippen LogP contribution < -0.4 is 9.64 Å². The fourth-order valence-electron chi connectivity index (χ4n) is 6.48. The second-order valence-corrected chi connectivity index (χ2v) is 10.1. The van der Waals surface area contributed by atoms with E-state index >= 15 is 0 Å². The molecule has 0 unspecified atom stereocenters. The fraction of sp³-hybridized carbons (Fsp3) is 0.182. The Morgan fingerprint density at radius 2 is 1.58 bits per heavy atom. The third kappa shape index (κ3) is 3.25. The molecular weight excluding hydrogens is 470 g/mol. The van der Waals surface area contributed by atoms with E-state index in [2.05, 4.69) is 70.5 Å². The number of carbonyl (C=O) groups excluding carboxylic acids is 1. The van der Waals surface area contributed by atoms with Crippen molar-refractivity contribution in [3.05, 3.63) is 131 Å². The molecule has 4 aromatic carbocycles. The third-order valence-corrected chi connectivity index (χ3v) is 8.16. The van der Waals surface area contributed by atoms with Crippen LogP contribution in [0, 0.1) is 0 Å². The summed E-state index contributed by atoms with van der Waals surface area (Å²) in [5, 5.41) is 1.20. The Kier molecular flexibility index (Phi) is 5.34. The molecule has 2 aliphatic heterocycles. The molecule has 0 radical (unpaired) electrons. The van der Waals surface area contributed by atoms with Crippen LogP contribution >= 0.6 is 0 Å². The van der Waals surface area contributed by atoms with Crippen molar-refractivity contribution in [1.82, 2.24) is 9.88 Å². The summed E-state index contributed by atoms with van der Waals surface area (Å²) in [5.41, 5.74) is 6.52. The largest absolute Gasteiger partial charge is 0.496 e. The lowest BCUT2D eigenvalue weighted by molar-refractivity contribution is -0.129. The first kappa shape index (κ1) is 22.8. The van der Waals surface area contributed by atoms with Crippen LogP contribution in [-0.4, -0.2) is 29.4 Å². The van der Waals surface area contributed by atoms with Crippen molar-refractivity contribution in [2.75, 3.05) is 18.6 Å². The highest BCUT2D eigenvalue weighted by Crippen LogP contribution is 2.53. The van der Waals surface area contributed by atoms with Gasteiger partial charge in [-0.15, -0.1) is 0 Å². The number of benzene rings is 4. The zero-order valence-electron chi connectivity index (χ0n) is 21.4. The molecule has 0 saturated heterocycles. The monoisotopic (exact) mass is 499 g/mol. The normalized spacial score (nSPS) is 18.7. The van der Waals surface area contributed by atoms with Crippen molar-refractivity contribution in [2.24, 2.45) is 0 Å². The fourth-order valence-corrected chi connectivity index (χ4v) is 6.48. The molecule has 38 heavy (non-hydrogen) atoms. The van der Waals surface area contributed by atoms with Gasteiger partial charge >= 0.3 is 0 Å². The number of amides is 1. The Balaban J connectivity index is 1.46. The molecular formula is C33H29N3O2.